The second kappa shape index (κ2) is 6.04. The molecule has 1 amide bonds. The molecular weight excluding hydrogens is 324 g/mol. The highest BCUT2D eigenvalue weighted by Crippen LogP contribution is 2.19. The molecule has 2 aromatic rings. The number of carbonyl (C=O) groups excluding carboxylic acids is 1. The van der Waals surface area contributed by atoms with Gasteiger partial charge in [-0.25, -0.2) is 5.43 Å². The summed E-state index contributed by atoms with van der Waals surface area (Å²) < 4.78 is 7.84. The molecule has 0 bridgehead atoms. The fraction of sp³-hybridized carbons (Fsp3) is 0.308. The fourth-order valence-electron chi connectivity index (χ4n) is 1.69. The minimum atomic E-state index is -0.248. The Kier molecular flexibility index (Phi) is 4.39. The van der Waals surface area contributed by atoms with Gasteiger partial charge in [0.25, 0.3) is 5.91 Å². The number of nitrogens with one attached hydrogen (secondary N) is 1. The quantitative estimate of drug-likeness (QED) is 0.686. The maximum Gasteiger partial charge on any atom is 0.261 e. The van der Waals surface area contributed by atoms with Gasteiger partial charge in [-0.2, -0.15) is 10.2 Å². The number of rotatable bonds is 4. The SMILES string of the molecule is Cc1ccc(C=NNC(=O)Cn2nc(C)c(Br)c2C)o1. The van der Waals surface area contributed by atoms with Crippen LogP contribution in [0.25, 0.3) is 0 Å². The van der Waals surface area contributed by atoms with Gasteiger partial charge in [-0.1, -0.05) is 0 Å². The number of hydrazone groups is 1. The van der Waals surface area contributed by atoms with Crippen LogP contribution in [0.1, 0.15) is 22.9 Å². The highest BCUT2D eigenvalue weighted by atomic mass is 79.9. The van der Waals surface area contributed by atoms with E-state index in [1.165, 1.54) is 6.21 Å². The lowest BCUT2D eigenvalue weighted by Crippen LogP contribution is -2.24. The molecule has 20 heavy (non-hydrogen) atoms. The summed E-state index contributed by atoms with van der Waals surface area (Å²) in [5.74, 6) is 1.14. The normalized spacial score (nSPS) is 11.2. The highest BCUT2D eigenvalue weighted by molar-refractivity contribution is 9.10. The molecule has 0 spiro atoms. The van der Waals surface area contributed by atoms with Crippen molar-refractivity contribution in [3.8, 4) is 0 Å². The van der Waals surface area contributed by atoms with E-state index in [2.05, 4.69) is 31.6 Å². The predicted molar refractivity (Wildman–Crippen MR) is 78.6 cm³/mol. The first-order valence-electron chi connectivity index (χ1n) is 6.05. The summed E-state index contributed by atoms with van der Waals surface area (Å²) in [6, 6.07) is 3.61. The van der Waals surface area contributed by atoms with Gasteiger partial charge in [-0.3, -0.25) is 9.48 Å². The third kappa shape index (κ3) is 3.36. The number of aromatic nitrogens is 2. The molecule has 0 aliphatic carbocycles. The van der Waals surface area contributed by atoms with E-state index in [1.54, 1.807) is 10.7 Å². The van der Waals surface area contributed by atoms with Gasteiger partial charge in [0.05, 0.1) is 22.1 Å². The van der Waals surface area contributed by atoms with E-state index in [-0.39, 0.29) is 12.5 Å². The van der Waals surface area contributed by atoms with Crippen LogP contribution in [-0.4, -0.2) is 21.9 Å². The number of hydrogen-bond acceptors (Lipinski definition) is 4. The monoisotopic (exact) mass is 338 g/mol. The summed E-state index contributed by atoms with van der Waals surface area (Å²) in [7, 11) is 0. The van der Waals surface area contributed by atoms with E-state index in [9.17, 15) is 4.79 Å². The lowest BCUT2D eigenvalue weighted by Gasteiger charge is -2.02. The Bertz CT molecular complexity index is 657. The van der Waals surface area contributed by atoms with Gasteiger partial charge in [0.1, 0.15) is 18.1 Å². The fourth-order valence-corrected chi connectivity index (χ4v) is 1.98. The van der Waals surface area contributed by atoms with E-state index in [0.29, 0.717) is 5.76 Å². The average molecular weight is 339 g/mol. The number of furan rings is 1. The second-order valence-electron chi connectivity index (χ2n) is 4.38. The molecule has 1 N–H and O–H groups in total. The van der Waals surface area contributed by atoms with Crippen LogP contribution in [-0.2, 0) is 11.3 Å². The molecule has 0 atom stereocenters. The highest BCUT2D eigenvalue weighted by Gasteiger charge is 2.11. The maximum atomic E-state index is 11.7. The van der Waals surface area contributed by atoms with Crippen molar-refractivity contribution in [1.82, 2.24) is 15.2 Å². The Balaban J connectivity index is 1.92. The summed E-state index contributed by atoms with van der Waals surface area (Å²) in [6.07, 6.45) is 1.46. The molecule has 6 nitrogen and oxygen atoms in total. The van der Waals surface area contributed by atoms with Crippen LogP contribution >= 0.6 is 15.9 Å². The Morgan fingerprint density at radius 3 is 2.80 bits per heavy atom. The summed E-state index contributed by atoms with van der Waals surface area (Å²) in [4.78, 5) is 11.7. The number of nitrogens with zero attached hydrogens (tertiary/aromatic N) is 3. The van der Waals surface area contributed by atoms with E-state index in [0.717, 1.165) is 21.6 Å². The van der Waals surface area contributed by atoms with Crippen molar-refractivity contribution in [1.29, 1.82) is 0 Å². The standard InChI is InChI=1S/C13H15BrN4O2/c1-8-4-5-11(20-8)6-15-16-12(19)7-18-10(3)13(14)9(2)17-18/h4-6H,7H2,1-3H3,(H,16,19). The van der Waals surface area contributed by atoms with Gasteiger partial charge in [-0.15, -0.1) is 0 Å². The van der Waals surface area contributed by atoms with Crippen LogP contribution in [0.3, 0.4) is 0 Å². The molecule has 0 aliphatic rings. The minimum absolute atomic E-state index is 0.118. The first kappa shape index (κ1) is 14.5. The van der Waals surface area contributed by atoms with Gasteiger partial charge in [0.2, 0.25) is 0 Å². The topological polar surface area (TPSA) is 72.4 Å². The van der Waals surface area contributed by atoms with Crippen LogP contribution in [0.2, 0.25) is 0 Å². The zero-order valence-electron chi connectivity index (χ0n) is 11.5. The molecule has 2 heterocycles. The molecule has 7 heteroatoms. The Morgan fingerprint density at radius 2 is 2.25 bits per heavy atom. The van der Waals surface area contributed by atoms with E-state index >= 15 is 0 Å². The van der Waals surface area contributed by atoms with E-state index < -0.39 is 0 Å². The summed E-state index contributed by atoms with van der Waals surface area (Å²) in [5, 5.41) is 8.10. The zero-order chi connectivity index (χ0) is 14.7. The smallest absolute Gasteiger partial charge is 0.261 e. The van der Waals surface area contributed by atoms with Crippen molar-refractivity contribution in [2.45, 2.75) is 27.3 Å². The van der Waals surface area contributed by atoms with Gasteiger partial charge < -0.3 is 4.42 Å². The van der Waals surface area contributed by atoms with E-state index in [1.807, 2.05) is 26.8 Å². The van der Waals surface area contributed by atoms with Crippen LogP contribution in [0.5, 0.6) is 0 Å². The first-order valence-corrected chi connectivity index (χ1v) is 6.84. The average Bonchev–Trinajstić information content (AvgIpc) is 2.90. The number of amides is 1. The number of carbonyl (C=O) groups is 1. The minimum Gasteiger partial charge on any atom is -0.460 e. The van der Waals surface area contributed by atoms with Crippen LogP contribution < -0.4 is 5.43 Å². The molecule has 0 fully saturated rings. The zero-order valence-corrected chi connectivity index (χ0v) is 13.1. The third-order valence-electron chi connectivity index (χ3n) is 2.73. The third-order valence-corrected chi connectivity index (χ3v) is 3.88. The van der Waals surface area contributed by atoms with Gasteiger partial charge in [-0.05, 0) is 48.8 Å². The number of hydrogen-bond donors (Lipinski definition) is 1. The van der Waals surface area contributed by atoms with Crippen molar-refractivity contribution >= 4 is 28.1 Å². The Labute approximate surface area is 125 Å². The van der Waals surface area contributed by atoms with Crippen LogP contribution in [0.4, 0.5) is 0 Å². The van der Waals surface area contributed by atoms with E-state index in [4.69, 9.17) is 4.42 Å². The summed E-state index contributed by atoms with van der Waals surface area (Å²) in [5.41, 5.74) is 4.20. The molecule has 2 rings (SSSR count). The number of halogens is 1. The van der Waals surface area contributed by atoms with Gasteiger partial charge in [0, 0.05) is 0 Å². The molecule has 0 radical (unpaired) electrons. The van der Waals surface area contributed by atoms with Crippen LogP contribution in [0.15, 0.2) is 26.1 Å². The molecule has 0 unspecified atom stereocenters. The lowest BCUT2D eigenvalue weighted by molar-refractivity contribution is -0.121. The predicted octanol–water partition coefficient (Wildman–Crippen LogP) is 2.31. The number of aryl methyl sites for hydroxylation is 2. The van der Waals surface area contributed by atoms with Gasteiger partial charge >= 0.3 is 0 Å². The van der Waals surface area contributed by atoms with Crippen molar-refractivity contribution < 1.29 is 9.21 Å². The lowest BCUT2D eigenvalue weighted by atomic mass is 10.4. The second-order valence-corrected chi connectivity index (χ2v) is 5.18. The largest absolute Gasteiger partial charge is 0.460 e. The summed E-state index contributed by atoms with van der Waals surface area (Å²) >= 11 is 3.42. The first-order chi connectivity index (χ1) is 9.47. The molecule has 0 saturated carbocycles. The van der Waals surface area contributed by atoms with Crippen molar-refractivity contribution in [3.63, 3.8) is 0 Å². The molecule has 106 valence electrons. The Morgan fingerprint density at radius 1 is 1.50 bits per heavy atom. The molecule has 2 aromatic heterocycles. The summed E-state index contributed by atoms with van der Waals surface area (Å²) in [6.45, 7) is 5.73. The molecule has 0 aromatic carbocycles. The Hall–Kier alpha value is -1.89. The van der Waals surface area contributed by atoms with Crippen molar-refractivity contribution in [2.24, 2.45) is 5.10 Å². The van der Waals surface area contributed by atoms with Crippen LogP contribution in [0, 0.1) is 20.8 Å². The van der Waals surface area contributed by atoms with Crippen molar-refractivity contribution in [2.75, 3.05) is 0 Å². The molecular formula is C13H15BrN4O2. The molecule has 0 saturated heterocycles. The van der Waals surface area contributed by atoms with Crippen molar-refractivity contribution in [3.05, 3.63) is 39.5 Å². The molecule has 0 aliphatic heterocycles. The van der Waals surface area contributed by atoms with Gasteiger partial charge in [0.15, 0.2) is 0 Å². The maximum absolute atomic E-state index is 11.7.